The highest BCUT2D eigenvalue weighted by Gasteiger charge is 2.16. The molecule has 0 atom stereocenters. The van der Waals surface area contributed by atoms with Gasteiger partial charge >= 0.3 is 0 Å². The SMILES string of the molecule is COc1cc(C)c2c3ccncc3n(CCN3CCOCC3)c2c1. The summed E-state index contributed by atoms with van der Waals surface area (Å²) in [5.74, 6) is 0.906. The molecule has 5 heteroatoms. The molecule has 0 unspecified atom stereocenters. The lowest BCUT2D eigenvalue weighted by molar-refractivity contribution is 0.0366. The Morgan fingerprint density at radius 2 is 2.00 bits per heavy atom. The number of hydrogen-bond donors (Lipinski definition) is 0. The number of aryl methyl sites for hydroxylation is 1. The van der Waals surface area contributed by atoms with E-state index in [0.29, 0.717) is 0 Å². The molecule has 1 saturated heterocycles. The van der Waals surface area contributed by atoms with E-state index in [4.69, 9.17) is 9.47 Å². The number of fused-ring (bicyclic) bond motifs is 3. The van der Waals surface area contributed by atoms with E-state index in [1.807, 2.05) is 12.4 Å². The van der Waals surface area contributed by atoms with Crippen LogP contribution in [0.3, 0.4) is 0 Å². The molecule has 1 aromatic carbocycles. The van der Waals surface area contributed by atoms with Crippen LogP contribution in [0, 0.1) is 6.92 Å². The second kappa shape index (κ2) is 6.42. The van der Waals surface area contributed by atoms with Gasteiger partial charge in [0.15, 0.2) is 0 Å². The van der Waals surface area contributed by atoms with Gasteiger partial charge in [0.1, 0.15) is 5.75 Å². The molecular weight excluding hydrogens is 302 g/mol. The maximum atomic E-state index is 5.49. The Kier molecular flexibility index (Phi) is 4.12. The van der Waals surface area contributed by atoms with E-state index in [9.17, 15) is 0 Å². The summed E-state index contributed by atoms with van der Waals surface area (Å²) in [4.78, 5) is 6.81. The van der Waals surface area contributed by atoms with Gasteiger partial charge in [-0.1, -0.05) is 0 Å². The Bertz CT molecular complexity index is 866. The zero-order valence-corrected chi connectivity index (χ0v) is 14.3. The maximum absolute atomic E-state index is 5.49. The monoisotopic (exact) mass is 325 g/mol. The van der Waals surface area contributed by atoms with E-state index < -0.39 is 0 Å². The lowest BCUT2D eigenvalue weighted by Gasteiger charge is -2.26. The van der Waals surface area contributed by atoms with Crippen LogP contribution >= 0.6 is 0 Å². The van der Waals surface area contributed by atoms with Crippen LogP contribution in [-0.4, -0.2) is 54.4 Å². The lowest BCUT2D eigenvalue weighted by atomic mass is 10.1. The highest BCUT2D eigenvalue weighted by atomic mass is 16.5. The molecule has 0 radical (unpaired) electrons. The van der Waals surface area contributed by atoms with Crippen molar-refractivity contribution in [3.05, 3.63) is 36.2 Å². The topological polar surface area (TPSA) is 39.5 Å². The third kappa shape index (κ3) is 2.64. The number of nitrogens with zero attached hydrogens (tertiary/aromatic N) is 3. The average Bonchev–Trinajstić information content (AvgIpc) is 2.95. The predicted octanol–water partition coefficient (Wildman–Crippen LogP) is 2.84. The number of ether oxygens (including phenoxy) is 2. The molecule has 126 valence electrons. The first-order valence-electron chi connectivity index (χ1n) is 8.48. The van der Waals surface area contributed by atoms with Crippen molar-refractivity contribution in [2.45, 2.75) is 13.5 Å². The fraction of sp³-hybridized carbons (Fsp3) is 0.421. The normalized spacial score (nSPS) is 16.1. The molecule has 0 aliphatic carbocycles. The van der Waals surface area contributed by atoms with E-state index in [-0.39, 0.29) is 0 Å². The molecule has 1 aliphatic rings. The molecule has 5 nitrogen and oxygen atoms in total. The second-order valence-electron chi connectivity index (χ2n) is 6.34. The first kappa shape index (κ1) is 15.4. The van der Waals surface area contributed by atoms with E-state index in [1.165, 1.54) is 27.4 Å². The Morgan fingerprint density at radius 3 is 2.79 bits per heavy atom. The zero-order valence-electron chi connectivity index (χ0n) is 14.3. The van der Waals surface area contributed by atoms with Crippen LogP contribution in [0.2, 0.25) is 0 Å². The third-order valence-electron chi connectivity index (χ3n) is 4.92. The fourth-order valence-corrected chi connectivity index (χ4v) is 3.67. The average molecular weight is 325 g/mol. The van der Waals surface area contributed by atoms with Gasteiger partial charge in [0.2, 0.25) is 0 Å². The maximum Gasteiger partial charge on any atom is 0.121 e. The van der Waals surface area contributed by atoms with Crippen molar-refractivity contribution in [2.75, 3.05) is 40.0 Å². The molecule has 3 aromatic rings. The van der Waals surface area contributed by atoms with Crippen LogP contribution in [0.4, 0.5) is 0 Å². The minimum Gasteiger partial charge on any atom is -0.497 e. The highest BCUT2D eigenvalue weighted by Crippen LogP contribution is 2.33. The second-order valence-corrected chi connectivity index (χ2v) is 6.34. The number of methoxy groups -OCH3 is 1. The first-order chi connectivity index (χ1) is 11.8. The van der Waals surface area contributed by atoms with Crippen LogP contribution in [0.25, 0.3) is 21.8 Å². The van der Waals surface area contributed by atoms with Gasteiger partial charge < -0.3 is 14.0 Å². The third-order valence-corrected chi connectivity index (χ3v) is 4.92. The molecule has 3 heterocycles. The quantitative estimate of drug-likeness (QED) is 0.739. The minimum absolute atomic E-state index is 0.835. The molecule has 0 saturated carbocycles. The molecule has 0 spiro atoms. The van der Waals surface area contributed by atoms with Gasteiger partial charge in [-0.15, -0.1) is 0 Å². The van der Waals surface area contributed by atoms with Crippen molar-refractivity contribution in [2.24, 2.45) is 0 Å². The van der Waals surface area contributed by atoms with E-state index in [0.717, 1.165) is 45.1 Å². The molecule has 1 fully saturated rings. The standard InChI is InChI=1S/C19H23N3O2/c1-14-11-15(23-2)12-17-19(14)16-3-4-20-13-18(16)22(17)6-5-21-7-9-24-10-8-21/h3-4,11-13H,5-10H2,1-2H3. The largest absolute Gasteiger partial charge is 0.497 e. The summed E-state index contributed by atoms with van der Waals surface area (Å²) in [5, 5.41) is 2.57. The van der Waals surface area contributed by atoms with Crippen molar-refractivity contribution < 1.29 is 9.47 Å². The number of benzene rings is 1. The van der Waals surface area contributed by atoms with Crippen LogP contribution in [0.1, 0.15) is 5.56 Å². The van der Waals surface area contributed by atoms with Gasteiger partial charge in [0.25, 0.3) is 0 Å². The summed E-state index contributed by atoms with van der Waals surface area (Å²) in [6, 6.07) is 6.36. The Labute approximate surface area is 141 Å². The van der Waals surface area contributed by atoms with Gasteiger partial charge in [-0.25, -0.2) is 0 Å². The van der Waals surface area contributed by atoms with Gasteiger partial charge in [-0.05, 0) is 24.6 Å². The molecule has 0 amide bonds. The van der Waals surface area contributed by atoms with E-state index >= 15 is 0 Å². The number of pyridine rings is 1. The summed E-state index contributed by atoms with van der Waals surface area (Å²) in [6.07, 6.45) is 3.85. The van der Waals surface area contributed by atoms with Crippen molar-refractivity contribution in [3.63, 3.8) is 0 Å². The van der Waals surface area contributed by atoms with Gasteiger partial charge in [-0.3, -0.25) is 9.88 Å². The summed E-state index contributed by atoms with van der Waals surface area (Å²) >= 11 is 0. The molecule has 4 rings (SSSR count). The number of morpholine rings is 1. The predicted molar refractivity (Wildman–Crippen MR) is 95.8 cm³/mol. The highest BCUT2D eigenvalue weighted by molar-refractivity contribution is 6.09. The fourth-order valence-electron chi connectivity index (χ4n) is 3.67. The summed E-state index contributed by atoms with van der Waals surface area (Å²) < 4.78 is 13.3. The Morgan fingerprint density at radius 1 is 1.17 bits per heavy atom. The first-order valence-corrected chi connectivity index (χ1v) is 8.48. The molecule has 0 N–H and O–H groups in total. The van der Waals surface area contributed by atoms with Gasteiger partial charge in [0.05, 0.1) is 37.6 Å². The molecular formula is C19H23N3O2. The van der Waals surface area contributed by atoms with Crippen LogP contribution in [0.5, 0.6) is 5.75 Å². The lowest BCUT2D eigenvalue weighted by Crippen LogP contribution is -2.38. The summed E-state index contributed by atoms with van der Waals surface area (Å²) in [5.41, 5.74) is 3.66. The van der Waals surface area contributed by atoms with E-state index in [2.05, 4.69) is 39.6 Å². The molecule has 0 bridgehead atoms. The minimum atomic E-state index is 0.835. The zero-order chi connectivity index (χ0) is 16.5. The van der Waals surface area contributed by atoms with Crippen molar-refractivity contribution in [1.29, 1.82) is 0 Å². The number of rotatable bonds is 4. The number of aromatic nitrogens is 2. The molecule has 1 aliphatic heterocycles. The molecule has 2 aromatic heterocycles. The van der Waals surface area contributed by atoms with Gasteiger partial charge in [0, 0.05) is 49.2 Å². The Balaban J connectivity index is 1.80. The Hall–Kier alpha value is -2.11. The number of hydrogen-bond acceptors (Lipinski definition) is 4. The van der Waals surface area contributed by atoms with Crippen LogP contribution < -0.4 is 4.74 Å². The van der Waals surface area contributed by atoms with E-state index in [1.54, 1.807) is 7.11 Å². The van der Waals surface area contributed by atoms with Crippen molar-refractivity contribution >= 4 is 21.8 Å². The van der Waals surface area contributed by atoms with Crippen LogP contribution in [-0.2, 0) is 11.3 Å². The summed E-state index contributed by atoms with van der Waals surface area (Å²) in [6.45, 7) is 7.81. The smallest absolute Gasteiger partial charge is 0.121 e. The summed E-state index contributed by atoms with van der Waals surface area (Å²) in [7, 11) is 1.73. The van der Waals surface area contributed by atoms with Gasteiger partial charge in [-0.2, -0.15) is 0 Å². The van der Waals surface area contributed by atoms with Crippen molar-refractivity contribution in [1.82, 2.24) is 14.5 Å². The molecule has 24 heavy (non-hydrogen) atoms. The van der Waals surface area contributed by atoms with Crippen LogP contribution in [0.15, 0.2) is 30.6 Å². The van der Waals surface area contributed by atoms with Crippen molar-refractivity contribution in [3.8, 4) is 5.75 Å².